The lowest BCUT2D eigenvalue weighted by molar-refractivity contribution is 0.627. The normalized spacial score (nSPS) is 10.4. The molecule has 4 heteroatoms. The molecule has 2 aromatic carbocycles. The quantitative estimate of drug-likeness (QED) is 0.851. The fraction of sp³-hybridized carbons (Fsp3) is 0.143. The van der Waals surface area contributed by atoms with Crippen LogP contribution >= 0.6 is 23.2 Å². The van der Waals surface area contributed by atoms with Crippen molar-refractivity contribution in [2.45, 2.75) is 6.42 Å². The molecule has 0 fully saturated rings. The minimum Gasteiger partial charge on any atom is -0.383 e. The van der Waals surface area contributed by atoms with E-state index in [4.69, 9.17) is 23.2 Å². The van der Waals surface area contributed by atoms with Crippen LogP contribution in [0, 0.1) is 5.82 Å². The van der Waals surface area contributed by atoms with Crippen molar-refractivity contribution >= 4 is 28.9 Å². The molecular weight excluding hydrogens is 272 g/mol. The fourth-order valence-electron chi connectivity index (χ4n) is 1.63. The van der Waals surface area contributed by atoms with Crippen LogP contribution in [0.5, 0.6) is 0 Å². The van der Waals surface area contributed by atoms with E-state index in [1.165, 1.54) is 12.1 Å². The van der Waals surface area contributed by atoms with Crippen LogP contribution in [0.3, 0.4) is 0 Å². The zero-order chi connectivity index (χ0) is 13.0. The maximum Gasteiger partial charge on any atom is 0.123 e. The molecule has 0 aromatic heterocycles. The van der Waals surface area contributed by atoms with Gasteiger partial charge in [-0.3, -0.25) is 0 Å². The standard InChI is InChI=1S/C14H12Cl2FN/c15-12-2-1-3-13(14(12)16)18-9-8-10-4-6-11(17)7-5-10/h1-7,18H,8-9H2. The molecular formula is C14H12Cl2FN. The Labute approximate surface area is 116 Å². The first-order valence-corrected chi connectivity index (χ1v) is 6.35. The molecule has 0 aliphatic heterocycles. The summed E-state index contributed by atoms with van der Waals surface area (Å²) < 4.78 is 12.7. The highest BCUT2D eigenvalue weighted by Crippen LogP contribution is 2.29. The molecule has 2 aromatic rings. The minimum atomic E-state index is -0.218. The number of halogens is 3. The zero-order valence-corrected chi connectivity index (χ0v) is 11.1. The van der Waals surface area contributed by atoms with Gasteiger partial charge in [0.25, 0.3) is 0 Å². The summed E-state index contributed by atoms with van der Waals surface area (Å²) in [6.07, 6.45) is 0.795. The summed E-state index contributed by atoms with van der Waals surface area (Å²) in [7, 11) is 0. The third-order valence-electron chi connectivity index (χ3n) is 2.59. The van der Waals surface area contributed by atoms with Crippen LogP contribution in [0.2, 0.25) is 10.0 Å². The van der Waals surface area contributed by atoms with Crippen LogP contribution in [0.15, 0.2) is 42.5 Å². The van der Waals surface area contributed by atoms with Crippen molar-refractivity contribution in [1.82, 2.24) is 0 Å². The lowest BCUT2D eigenvalue weighted by Gasteiger charge is -2.09. The van der Waals surface area contributed by atoms with Crippen molar-refractivity contribution in [2.24, 2.45) is 0 Å². The van der Waals surface area contributed by atoms with E-state index >= 15 is 0 Å². The highest BCUT2D eigenvalue weighted by molar-refractivity contribution is 6.43. The highest BCUT2D eigenvalue weighted by atomic mass is 35.5. The average molecular weight is 284 g/mol. The molecule has 1 nitrogen and oxygen atoms in total. The number of anilines is 1. The largest absolute Gasteiger partial charge is 0.383 e. The first kappa shape index (κ1) is 13.2. The second kappa shape index (κ2) is 6.07. The first-order valence-electron chi connectivity index (χ1n) is 5.59. The summed E-state index contributed by atoms with van der Waals surface area (Å²) in [6, 6.07) is 11.9. The molecule has 0 spiro atoms. The molecule has 2 rings (SSSR count). The summed E-state index contributed by atoms with van der Waals surface area (Å²) in [4.78, 5) is 0. The SMILES string of the molecule is Fc1ccc(CCNc2cccc(Cl)c2Cl)cc1. The minimum absolute atomic E-state index is 0.218. The van der Waals surface area contributed by atoms with Crippen LogP contribution in [0.1, 0.15) is 5.56 Å². The Balaban J connectivity index is 1.92. The van der Waals surface area contributed by atoms with E-state index in [-0.39, 0.29) is 5.82 Å². The van der Waals surface area contributed by atoms with Crippen molar-refractivity contribution in [3.63, 3.8) is 0 Å². The Morgan fingerprint density at radius 3 is 2.44 bits per heavy atom. The van der Waals surface area contributed by atoms with E-state index in [0.717, 1.165) is 17.7 Å². The second-order valence-electron chi connectivity index (χ2n) is 3.90. The van der Waals surface area contributed by atoms with E-state index in [1.807, 2.05) is 12.1 Å². The molecule has 0 saturated heterocycles. The van der Waals surface area contributed by atoms with Gasteiger partial charge in [-0.1, -0.05) is 41.4 Å². The third-order valence-corrected chi connectivity index (χ3v) is 3.41. The van der Waals surface area contributed by atoms with Gasteiger partial charge in [0, 0.05) is 6.54 Å². The monoisotopic (exact) mass is 283 g/mol. The predicted octanol–water partition coefficient (Wildman–Crippen LogP) is 4.79. The maximum atomic E-state index is 12.7. The lowest BCUT2D eigenvalue weighted by atomic mass is 10.1. The molecule has 0 atom stereocenters. The molecule has 18 heavy (non-hydrogen) atoms. The van der Waals surface area contributed by atoms with E-state index in [1.54, 1.807) is 18.2 Å². The molecule has 0 unspecified atom stereocenters. The van der Waals surface area contributed by atoms with Gasteiger partial charge in [0.05, 0.1) is 15.7 Å². The van der Waals surface area contributed by atoms with Gasteiger partial charge in [-0.2, -0.15) is 0 Å². The van der Waals surface area contributed by atoms with Crippen LogP contribution in [0.25, 0.3) is 0 Å². The van der Waals surface area contributed by atoms with Crippen molar-refractivity contribution in [3.05, 3.63) is 63.9 Å². The fourth-order valence-corrected chi connectivity index (χ4v) is 2.00. The Kier molecular flexibility index (Phi) is 4.45. The van der Waals surface area contributed by atoms with E-state index in [2.05, 4.69) is 5.32 Å². The Morgan fingerprint density at radius 1 is 1.00 bits per heavy atom. The first-order chi connectivity index (χ1) is 8.66. The van der Waals surface area contributed by atoms with Crippen molar-refractivity contribution in [1.29, 1.82) is 0 Å². The summed E-state index contributed by atoms with van der Waals surface area (Å²) >= 11 is 12.0. The maximum absolute atomic E-state index is 12.7. The smallest absolute Gasteiger partial charge is 0.123 e. The number of rotatable bonds is 4. The predicted molar refractivity (Wildman–Crippen MR) is 75.1 cm³/mol. The topological polar surface area (TPSA) is 12.0 Å². The highest BCUT2D eigenvalue weighted by Gasteiger charge is 2.03. The zero-order valence-electron chi connectivity index (χ0n) is 9.59. The Morgan fingerprint density at radius 2 is 1.72 bits per heavy atom. The number of benzene rings is 2. The van der Waals surface area contributed by atoms with Gasteiger partial charge in [-0.05, 0) is 36.2 Å². The number of hydrogen-bond donors (Lipinski definition) is 1. The average Bonchev–Trinajstić information content (AvgIpc) is 2.37. The number of nitrogens with one attached hydrogen (secondary N) is 1. The van der Waals surface area contributed by atoms with Gasteiger partial charge in [-0.15, -0.1) is 0 Å². The van der Waals surface area contributed by atoms with Gasteiger partial charge >= 0.3 is 0 Å². The molecule has 94 valence electrons. The molecule has 0 amide bonds. The molecule has 0 saturated carbocycles. The van der Waals surface area contributed by atoms with Crippen LogP contribution in [0.4, 0.5) is 10.1 Å². The molecule has 0 radical (unpaired) electrons. The third kappa shape index (κ3) is 3.37. The van der Waals surface area contributed by atoms with E-state index in [9.17, 15) is 4.39 Å². The van der Waals surface area contributed by atoms with Crippen molar-refractivity contribution < 1.29 is 4.39 Å². The van der Waals surface area contributed by atoms with Gasteiger partial charge in [-0.25, -0.2) is 4.39 Å². The molecule has 0 bridgehead atoms. The van der Waals surface area contributed by atoms with Gasteiger partial charge in [0.15, 0.2) is 0 Å². The second-order valence-corrected chi connectivity index (χ2v) is 4.69. The van der Waals surface area contributed by atoms with Gasteiger partial charge in [0.2, 0.25) is 0 Å². The molecule has 0 heterocycles. The molecule has 0 aliphatic carbocycles. The number of hydrogen-bond acceptors (Lipinski definition) is 1. The summed E-state index contributed by atoms with van der Waals surface area (Å²) in [6.45, 7) is 0.714. The van der Waals surface area contributed by atoms with Crippen LogP contribution < -0.4 is 5.32 Å². The van der Waals surface area contributed by atoms with Gasteiger partial charge < -0.3 is 5.32 Å². The van der Waals surface area contributed by atoms with Gasteiger partial charge in [0.1, 0.15) is 5.82 Å². The van der Waals surface area contributed by atoms with E-state index < -0.39 is 0 Å². The molecule has 1 N–H and O–H groups in total. The Bertz CT molecular complexity index is 526. The van der Waals surface area contributed by atoms with Crippen molar-refractivity contribution in [3.8, 4) is 0 Å². The summed E-state index contributed by atoms with van der Waals surface area (Å²) in [5.74, 6) is -0.218. The van der Waals surface area contributed by atoms with E-state index in [0.29, 0.717) is 16.6 Å². The summed E-state index contributed by atoms with van der Waals surface area (Å²) in [5, 5.41) is 4.26. The van der Waals surface area contributed by atoms with Crippen molar-refractivity contribution in [2.75, 3.05) is 11.9 Å². The molecule has 0 aliphatic rings. The summed E-state index contributed by atoms with van der Waals surface area (Å²) in [5.41, 5.74) is 1.88. The van der Waals surface area contributed by atoms with Crippen LogP contribution in [-0.4, -0.2) is 6.54 Å². The Hall–Kier alpha value is -1.25. The van der Waals surface area contributed by atoms with Crippen LogP contribution in [-0.2, 0) is 6.42 Å². The lowest BCUT2D eigenvalue weighted by Crippen LogP contribution is -2.05.